The van der Waals surface area contributed by atoms with Gasteiger partial charge in [-0.25, -0.2) is 0 Å². The molecule has 109 heavy (non-hydrogen) atoms. The fourth-order valence-electron chi connectivity index (χ4n) is 14.9. The lowest BCUT2D eigenvalue weighted by Gasteiger charge is -2.42. The van der Waals surface area contributed by atoms with Crippen LogP contribution >= 0.6 is 11.6 Å². The Morgan fingerprint density at radius 1 is 0.688 bits per heavy atom. The van der Waals surface area contributed by atoms with Crippen molar-refractivity contribution in [1.29, 1.82) is 0 Å². The highest BCUT2D eigenvalue weighted by atomic mass is 35.5. The van der Waals surface area contributed by atoms with Crippen molar-refractivity contribution in [3.05, 3.63) is 95.1 Å². The maximum atomic E-state index is 15.6. The first-order chi connectivity index (χ1) is 51.1. The number of nitrogens with one attached hydrogen (secondary N) is 3. The molecule has 32 heteroatoms. The summed E-state index contributed by atoms with van der Waals surface area (Å²) in [6, 6.07) is -4.88. The summed E-state index contributed by atoms with van der Waals surface area (Å²) >= 11 is 6.16. The van der Waals surface area contributed by atoms with Crippen molar-refractivity contribution < 1.29 is 88.6 Å². The molecule has 1 spiro atoms. The summed E-state index contributed by atoms with van der Waals surface area (Å²) in [6.45, 7) is 11.8. The highest BCUT2D eigenvalue weighted by molar-refractivity contribution is 6.31. The van der Waals surface area contributed by atoms with Gasteiger partial charge in [-0.15, -0.1) is 13.2 Å². The van der Waals surface area contributed by atoms with Gasteiger partial charge in [0.25, 0.3) is 0 Å². The Morgan fingerprint density at radius 3 is 1.87 bits per heavy atom. The minimum Gasteiger partial charge on any atom is -0.375 e. The molecule has 2 aliphatic carbocycles. The number of alkyl halides is 6. The lowest BCUT2D eigenvalue weighted by atomic mass is 9.90. The third-order valence-electron chi connectivity index (χ3n) is 21.5. The third-order valence-corrected chi connectivity index (χ3v) is 21.8. The number of aryl methyl sites for hydroxylation is 1. The summed E-state index contributed by atoms with van der Waals surface area (Å²) in [5, 5.41) is 7.87. The number of hydrogen-bond acceptors (Lipinski definition) is 13. The first kappa shape index (κ1) is 89.3. The molecule has 0 bridgehead atoms. The fourth-order valence-corrected chi connectivity index (χ4v) is 15.2. The van der Waals surface area contributed by atoms with Gasteiger partial charge >= 0.3 is 12.4 Å². The van der Waals surface area contributed by atoms with E-state index in [4.69, 9.17) is 16.3 Å². The molecule has 4 aliphatic rings. The molecule has 2 saturated carbocycles. The number of carbonyl (C=O) groups excluding carboxylic acids is 12. The zero-order chi connectivity index (χ0) is 81.3. The molecule has 25 nitrogen and oxygen atoms in total. The Bertz CT molecular complexity index is 3610. The monoisotopic (exact) mass is 1560 g/mol. The smallest absolute Gasteiger partial charge is 0.375 e. The number of benzene rings is 2. The molecule has 0 aromatic heterocycles. The van der Waals surface area contributed by atoms with Crippen molar-refractivity contribution in [2.24, 2.45) is 17.8 Å². The van der Waals surface area contributed by atoms with Crippen molar-refractivity contribution in [3.63, 3.8) is 0 Å². The molecular weight excluding hydrogens is 1450 g/mol. The molecule has 12 amide bonds. The predicted octanol–water partition coefficient (Wildman–Crippen LogP) is 6.92. The number of hydrogen-bond donors (Lipinski definition) is 3. The minimum absolute atomic E-state index is 0.0275. The van der Waals surface area contributed by atoms with E-state index >= 15 is 28.8 Å². The zero-order valence-corrected chi connectivity index (χ0v) is 65.5. The second-order valence-corrected chi connectivity index (χ2v) is 30.4. The van der Waals surface area contributed by atoms with Crippen LogP contribution in [0.3, 0.4) is 0 Å². The lowest BCUT2D eigenvalue weighted by molar-refractivity contribution is -0.156. The van der Waals surface area contributed by atoms with Crippen LogP contribution in [0, 0.1) is 17.8 Å². The van der Waals surface area contributed by atoms with Gasteiger partial charge in [0.1, 0.15) is 53.9 Å². The second kappa shape index (κ2) is 39.3. The Morgan fingerprint density at radius 2 is 1.30 bits per heavy atom. The van der Waals surface area contributed by atoms with Gasteiger partial charge in [-0.3, -0.25) is 57.5 Å². The van der Waals surface area contributed by atoms with Crippen LogP contribution in [0.2, 0.25) is 5.02 Å². The van der Waals surface area contributed by atoms with Gasteiger partial charge in [-0.05, 0) is 117 Å². The van der Waals surface area contributed by atoms with Gasteiger partial charge < -0.3 is 64.8 Å². The van der Waals surface area contributed by atoms with Crippen LogP contribution in [0.15, 0.2) is 67.8 Å². The number of amides is 12. The van der Waals surface area contributed by atoms with Gasteiger partial charge in [0, 0.05) is 75.9 Å². The number of rotatable bonds is 18. The van der Waals surface area contributed by atoms with Crippen molar-refractivity contribution in [3.8, 4) is 0 Å². The molecule has 4 fully saturated rings. The average molecular weight is 1560 g/mol. The fraction of sp³-hybridized carbons (Fsp3) is 0.636. The molecule has 2 aromatic carbocycles. The standard InChI is InChI=1S/C77H109ClF6N12O13/c1-15-18-37-96-59(42-50-27-31-52(32-28-50)76(79,80)81)70(104)89(9)44-61(97)85-55(34-30-49-29-33-53(54(78)41-49)77(82,83)84)68(102)95-38-23-26-56(95)67(101)87-75(35-21-22-36-75)74(108)94(14)65(51-24-19-20-25-51)73(107)93(13)58(69(103)88(7)8)43-62(98)91(11)57(40-47(4)5)66(100)86-64(48(6)17-3)72(106)90(10)45-63(99)92(12)60(71(96)105)46-109-39-16-2/h15-16,27-29,31-33,41,47-48,51,55-60,64-65H,1-2,17-26,30,34-40,42-46H2,3-14H3,(H,85,97)(H,86,100)(H,87,101)/t48-,55-,56-,57-,58-,59-,60-,64-,65-/m0/s1. The summed E-state index contributed by atoms with van der Waals surface area (Å²) in [6.07, 6.45) is -4.42. The maximum absolute atomic E-state index is 15.6. The molecule has 0 unspecified atom stereocenters. The van der Waals surface area contributed by atoms with E-state index in [9.17, 15) is 55.1 Å². The van der Waals surface area contributed by atoms with Gasteiger partial charge in [0.2, 0.25) is 70.9 Å². The predicted molar refractivity (Wildman–Crippen MR) is 395 cm³/mol. The largest absolute Gasteiger partial charge is 0.417 e. The first-order valence-electron chi connectivity index (χ1n) is 37.2. The van der Waals surface area contributed by atoms with E-state index in [0.717, 1.165) is 71.9 Å². The van der Waals surface area contributed by atoms with E-state index in [-0.39, 0.29) is 88.1 Å². The second-order valence-electron chi connectivity index (χ2n) is 30.0. The zero-order valence-electron chi connectivity index (χ0n) is 64.7. The molecule has 3 N–H and O–H groups in total. The molecule has 6 rings (SSSR count). The number of fused-ring (bicyclic) bond motifs is 1. The van der Waals surface area contributed by atoms with Gasteiger partial charge in [0.15, 0.2) is 0 Å². The first-order valence-corrected chi connectivity index (χ1v) is 37.6. The van der Waals surface area contributed by atoms with Gasteiger partial charge in [0.05, 0.1) is 48.9 Å². The summed E-state index contributed by atoms with van der Waals surface area (Å²) in [5.74, 6) is -11.0. The van der Waals surface area contributed by atoms with E-state index in [2.05, 4.69) is 29.1 Å². The Balaban J connectivity index is 1.52. The minimum atomic E-state index is -4.83. The number of likely N-dealkylation sites (N-methyl/N-ethyl adjacent to an activating group) is 7. The van der Waals surface area contributed by atoms with Crippen molar-refractivity contribution >= 4 is 82.5 Å². The third kappa shape index (κ3) is 22.8. The van der Waals surface area contributed by atoms with Crippen molar-refractivity contribution in [2.75, 3.05) is 95.8 Å². The molecule has 0 radical (unpaired) electrons. The molecule has 9 atom stereocenters. The number of ether oxygens (including phenoxy) is 1. The molecule has 2 aromatic rings. The highest BCUT2D eigenvalue weighted by Gasteiger charge is 2.52. The van der Waals surface area contributed by atoms with Crippen LogP contribution in [0.25, 0.3) is 0 Å². The van der Waals surface area contributed by atoms with Gasteiger partial charge in [-0.1, -0.05) is 102 Å². The van der Waals surface area contributed by atoms with Crippen LogP contribution in [-0.4, -0.2) is 265 Å². The van der Waals surface area contributed by atoms with Crippen LogP contribution in [0.5, 0.6) is 0 Å². The normalized spacial score (nSPS) is 24.4. The SMILES string of the molecule is C=CCCN1C(=O)[C@H](COCC=C)N(C)C(=O)CN(C)C(=O)[C@H]([C@@H](C)CC)NC(=O)[C@H](CC(C)C)N(C)C(=O)C[C@@H](C(=O)N(C)C)N(C)C(=O)[C@H](C2CCCC2)N(C)C(=O)C2(CCCC2)NC(=O)[C@@H]2CCCN2C(=O)[C@H](CCc2ccc(C(F)(F)F)c(Cl)c2)NC(=O)CN(C)C(=O)[C@@H]1Cc1ccc(C(F)(F)F)cc1. The van der Waals surface area contributed by atoms with Crippen LogP contribution in [-0.2, 0) is 87.5 Å². The number of nitrogens with zero attached hydrogens (tertiary/aromatic N) is 9. The van der Waals surface area contributed by atoms with Gasteiger partial charge in [-0.2, -0.15) is 26.3 Å². The van der Waals surface area contributed by atoms with E-state index in [1.807, 2.05) is 13.8 Å². The Labute approximate surface area is 640 Å². The van der Waals surface area contributed by atoms with Crippen molar-refractivity contribution in [2.45, 2.75) is 203 Å². The van der Waals surface area contributed by atoms with Crippen molar-refractivity contribution in [1.82, 2.24) is 60.0 Å². The summed E-state index contributed by atoms with van der Waals surface area (Å²) in [7, 11) is 10.8. The van der Waals surface area contributed by atoms with E-state index in [1.54, 1.807) is 13.8 Å². The Kier molecular flexibility index (Phi) is 32.2. The van der Waals surface area contributed by atoms with Crippen LogP contribution in [0.4, 0.5) is 26.3 Å². The summed E-state index contributed by atoms with van der Waals surface area (Å²) < 4.78 is 89.9. The van der Waals surface area contributed by atoms with E-state index in [1.165, 1.54) is 83.2 Å². The topological polar surface area (TPSA) is 279 Å². The molecular formula is C77H109ClF6N12O13. The molecule has 604 valence electrons. The lowest BCUT2D eigenvalue weighted by Crippen LogP contribution is -2.65. The molecule has 2 heterocycles. The Hall–Kier alpha value is -8.61. The quantitative estimate of drug-likeness (QED) is 0.0778. The highest BCUT2D eigenvalue weighted by Crippen LogP contribution is 2.39. The number of carbonyl (C=O) groups is 12. The van der Waals surface area contributed by atoms with Crippen LogP contribution < -0.4 is 16.0 Å². The maximum Gasteiger partial charge on any atom is 0.417 e. The van der Waals surface area contributed by atoms with Crippen LogP contribution in [0.1, 0.15) is 146 Å². The van der Waals surface area contributed by atoms with E-state index in [0.29, 0.717) is 44.9 Å². The molecule has 2 saturated heterocycles. The van der Waals surface area contributed by atoms with E-state index < -0.39 is 198 Å². The average Bonchev–Trinajstić information content (AvgIpc) is 1.61. The molecule has 2 aliphatic heterocycles. The number of halogens is 7. The summed E-state index contributed by atoms with van der Waals surface area (Å²) in [4.78, 5) is 192. The summed E-state index contributed by atoms with van der Waals surface area (Å²) in [5.41, 5.74) is -3.52.